The van der Waals surface area contributed by atoms with Crippen LogP contribution in [0.25, 0.3) is 27.6 Å². The number of benzene rings is 2. The third kappa shape index (κ3) is 4.69. The van der Waals surface area contributed by atoms with Crippen LogP contribution in [0.2, 0.25) is 0 Å². The molecule has 5 rings (SSSR count). The number of aromatic amines is 1. The molecule has 1 aliphatic rings. The van der Waals surface area contributed by atoms with Gasteiger partial charge in [-0.1, -0.05) is 67.4 Å². The van der Waals surface area contributed by atoms with Crippen LogP contribution in [0, 0.1) is 0 Å². The number of amides is 1. The lowest BCUT2D eigenvalue weighted by molar-refractivity contribution is -0.122. The summed E-state index contributed by atoms with van der Waals surface area (Å²) in [5.74, 6) is 0.841. The van der Waals surface area contributed by atoms with Gasteiger partial charge in [-0.25, -0.2) is 4.98 Å². The molecule has 1 amide bonds. The molecule has 0 spiro atoms. The van der Waals surface area contributed by atoms with Crippen LogP contribution in [0.4, 0.5) is 0 Å². The van der Waals surface area contributed by atoms with E-state index in [9.17, 15) is 9.59 Å². The smallest absolute Gasteiger partial charge is 0.283 e. The van der Waals surface area contributed by atoms with Gasteiger partial charge >= 0.3 is 0 Å². The highest BCUT2D eigenvalue weighted by Crippen LogP contribution is 2.27. The van der Waals surface area contributed by atoms with Crippen molar-refractivity contribution in [2.24, 2.45) is 0 Å². The molecular formula is C26H28N4O2S. The molecule has 1 aliphatic carbocycles. The third-order valence-corrected chi connectivity index (χ3v) is 7.28. The molecule has 1 fully saturated rings. The molecular weight excluding hydrogens is 432 g/mol. The van der Waals surface area contributed by atoms with Gasteiger partial charge < -0.3 is 10.3 Å². The number of carbonyl (C=O) groups excluding carboxylic acids is 1. The second kappa shape index (κ2) is 9.83. The van der Waals surface area contributed by atoms with Gasteiger partial charge in [-0.2, -0.15) is 0 Å². The number of nitrogens with one attached hydrogen (secondary N) is 2. The zero-order chi connectivity index (χ0) is 22.6. The molecule has 33 heavy (non-hydrogen) atoms. The maximum Gasteiger partial charge on any atom is 0.283 e. The molecule has 6 nitrogen and oxygen atoms in total. The first-order chi connectivity index (χ1) is 16.2. The van der Waals surface area contributed by atoms with Crippen LogP contribution in [-0.2, 0) is 4.79 Å². The summed E-state index contributed by atoms with van der Waals surface area (Å²) in [5, 5.41) is 4.77. The predicted molar refractivity (Wildman–Crippen MR) is 134 cm³/mol. The molecule has 170 valence electrons. The van der Waals surface area contributed by atoms with E-state index in [1.807, 2.05) is 54.6 Å². The van der Waals surface area contributed by atoms with Crippen LogP contribution in [0.5, 0.6) is 0 Å². The van der Waals surface area contributed by atoms with E-state index >= 15 is 0 Å². The molecule has 2 heterocycles. The van der Waals surface area contributed by atoms with Gasteiger partial charge in [-0.05, 0) is 37.5 Å². The third-order valence-electron chi connectivity index (χ3n) is 6.26. The second-order valence-electron chi connectivity index (χ2n) is 8.62. The van der Waals surface area contributed by atoms with Crippen molar-refractivity contribution in [2.45, 2.75) is 56.1 Å². The Balaban J connectivity index is 1.37. The van der Waals surface area contributed by atoms with E-state index in [0.717, 1.165) is 35.9 Å². The lowest BCUT2D eigenvalue weighted by Gasteiger charge is -2.22. The van der Waals surface area contributed by atoms with Crippen molar-refractivity contribution in [3.8, 4) is 5.69 Å². The SMILES string of the molecule is O=C(CCCSc1nc2c([nH]c3ccccc32)c(=O)n1-c1ccccc1)NC1CCCCC1. The Morgan fingerprint density at radius 2 is 1.82 bits per heavy atom. The monoisotopic (exact) mass is 460 g/mol. The molecule has 2 N–H and O–H groups in total. The minimum absolute atomic E-state index is 0.111. The maximum atomic E-state index is 13.5. The molecule has 1 saturated carbocycles. The molecule has 0 atom stereocenters. The van der Waals surface area contributed by atoms with Crippen molar-refractivity contribution in [1.82, 2.24) is 19.9 Å². The van der Waals surface area contributed by atoms with Crippen LogP contribution < -0.4 is 10.9 Å². The average molecular weight is 461 g/mol. The summed E-state index contributed by atoms with van der Waals surface area (Å²) in [6.07, 6.45) is 7.12. The first-order valence-corrected chi connectivity index (χ1v) is 12.7. The van der Waals surface area contributed by atoms with Gasteiger partial charge in [-0.15, -0.1) is 0 Å². The number of thioether (sulfide) groups is 1. The number of aromatic nitrogens is 3. The number of hydrogen-bond donors (Lipinski definition) is 2. The second-order valence-corrected chi connectivity index (χ2v) is 9.68. The van der Waals surface area contributed by atoms with Crippen LogP contribution >= 0.6 is 11.8 Å². The standard InChI is InChI=1S/C26H28N4O2S/c31-22(27-18-10-3-1-4-11-18)16-9-17-33-26-29-23-20-14-7-8-15-21(20)28-24(23)25(32)30(26)19-12-5-2-6-13-19/h2,5-8,12-15,18,28H,1,3-4,9-11,16-17H2,(H,27,31). The quantitative estimate of drug-likeness (QED) is 0.226. The summed E-state index contributed by atoms with van der Waals surface area (Å²) in [6, 6.07) is 17.8. The minimum atomic E-state index is -0.111. The lowest BCUT2D eigenvalue weighted by atomic mass is 9.95. The molecule has 0 aliphatic heterocycles. The number of fused-ring (bicyclic) bond motifs is 3. The number of rotatable bonds is 7. The molecule has 7 heteroatoms. The van der Waals surface area contributed by atoms with E-state index in [1.54, 1.807) is 4.57 Å². The zero-order valence-electron chi connectivity index (χ0n) is 18.5. The fraction of sp³-hybridized carbons (Fsp3) is 0.346. The number of carbonyl (C=O) groups is 1. The Kier molecular flexibility index (Phi) is 6.48. The summed E-state index contributed by atoms with van der Waals surface area (Å²) in [6.45, 7) is 0. The van der Waals surface area contributed by atoms with E-state index in [2.05, 4.69) is 10.3 Å². The van der Waals surface area contributed by atoms with Crippen molar-refractivity contribution in [2.75, 3.05) is 5.75 Å². The van der Waals surface area contributed by atoms with Crippen LogP contribution in [0.1, 0.15) is 44.9 Å². The highest BCUT2D eigenvalue weighted by Gasteiger charge is 2.18. The van der Waals surface area contributed by atoms with Gasteiger partial charge in [0.15, 0.2) is 5.16 Å². The lowest BCUT2D eigenvalue weighted by Crippen LogP contribution is -2.36. The minimum Gasteiger partial charge on any atom is -0.353 e. The van der Waals surface area contributed by atoms with Crippen molar-refractivity contribution in [3.63, 3.8) is 0 Å². The summed E-state index contributed by atoms with van der Waals surface area (Å²) in [4.78, 5) is 34.0. The van der Waals surface area contributed by atoms with Crippen molar-refractivity contribution >= 4 is 39.6 Å². The fourth-order valence-electron chi connectivity index (χ4n) is 4.59. The van der Waals surface area contributed by atoms with E-state index in [4.69, 9.17) is 4.98 Å². The Labute approximate surface area is 196 Å². The molecule has 4 aromatic rings. The number of para-hydroxylation sites is 2. The summed E-state index contributed by atoms with van der Waals surface area (Å²) < 4.78 is 1.67. The van der Waals surface area contributed by atoms with E-state index in [1.165, 1.54) is 31.0 Å². The fourth-order valence-corrected chi connectivity index (χ4v) is 5.53. The maximum absolute atomic E-state index is 13.5. The first kappa shape index (κ1) is 21.8. The number of hydrogen-bond acceptors (Lipinski definition) is 4. The van der Waals surface area contributed by atoms with Crippen LogP contribution in [0.15, 0.2) is 64.5 Å². The Morgan fingerprint density at radius 1 is 1.06 bits per heavy atom. The summed E-state index contributed by atoms with van der Waals surface area (Å²) in [7, 11) is 0. The predicted octanol–water partition coefficient (Wildman–Crippen LogP) is 5.19. The Hall–Kier alpha value is -3.06. The molecule has 0 radical (unpaired) electrons. The van der Waals surface area contributed by atoms with Gasteiger partial charge in [0.2, 0.25) is 5.91 Å². The molecule has 2 aromatic carbocycles. The normalized spacial score (nSPS) is 14.7. The van der Waals surface area contributed by atoms with Crippen molar-refractivity contribution in [1.29, 1.82) is 0 Å². The van der Waals surface area contributed by atoms with Crippen molar-refractivity contribution < 1.29 is 4.79 Å². The van der Waals surface area contributed by atoms with E-state index < -0.39 is 0 Å². The molecule has 0 unspecified atom stereocenters. The van der Waals surface area contributed by atoms with Gasteiger partial charge in [0.05, 0.1) is 5.69 Å². The zero-order valence-corrected chi connectivity index (χ0v) is 19.4. The highest BCUT2D eigenvalue weighted by molar-refractivity contribution is 7.99. The summed E-state index contributed by atoms with van der Waals surface area (Å²) in [5.41, 5.74) is 2.78. The summed E-state index contributed by atoms with van der Waals surface area (Å²) >= 11 is 1.53. The number of nitrogens with zero attached hydrogens (tertiary/aromatic N) is 2. The largest absolute Gasteiger partial charge is 0.353 e. The average Bonchev–Trinajstić information content (AvgIpc) is 3.22. The molecule has 2 aromatic heterocycles. The topological polar surface area (TPSA) is 79.8 Å². The van der Waals surface area contributed by atoms with Crippen LogP contribution in [0.3, 0.4) is 0 Å². The molecule has 0 bridgehead atoms. The van der Waals surface area contributed by atoms with Gasteiger partial charge in [0.1, 0.15) is 11.0 Å². The molecule has 0 saturated heterocycles. The highest BCUT2D eigenvalue weighted by atomic mass is 32.2. The number of H-pyrrole nitrogens is 1. The Bertz CT molecular complexity index is 1320. The van der Waals surface area contributed by atoms with Gasteiger partial charge in [0.25, 0.3) is 5.56 Å². The van der Waals surface area contributed by atoms with Crippen molar-refractivity contribution in [3.05, 3.63) is 65.0 Å². The first-order valence-electron chi connectivity index (χ1n) is 11.7. The van der Waals surface area contributed by atoms with Crippen LogP contribution in [-0.4, -0.2) is 32.2 Å². The van der Waals surface area contributed by atoms with E-state index in [-0.39, 0.29) is 11.5 Å². The van der Waals surface area contributed by atoms with E-state index in [0.29, 0.717) is 34.4 Å². The Morgan fingerprint density at radius 3 is 2.64 bits per heavy atom. The van der Waals surface area contributed by atoms with Gasteiger partial charge in [0, 0.05) is 29.1 Å². The van der Waals surface area contributed by atoms with Gasteiger partial charge in [-0.3, -0.25) is 14.2 Å².